The van der Waals surface area contributed by atoms with Crippen molar-refractivity contribution in [3.63, 3.8) is 0 Å². The lowest BCUT2D eigenvalue weighted by atomic mass is 10.2. The highest BCUT2D eigenvalue weighted by molar-refractivity contribution is 7.98. The first kappa shape index (κ1) is 16.3. The van der Waals surface area contributed by atoms with E-state index in [-0.39, 0.29) is 5.56 Å². The van der Waals surface area contributed by atoms with E-state index >= 15 is 0 Å². The summed E-state index contributed by atoms with van der Waals surface area (Å²) in [5.41, 5.74) is 2.47. The number of hydrogen-bond donors (Lipinski definition) is 1. The molecule has 0 amide bonds. The van der Waals surface area contributed by atoms with E-state index in [1.807, 2.05) is 46.9 Å². The number of hydrogen-bond acceptors (Lipinski definition) is 5. The highest BCUT2D eigenvalue weighted by Gasteiger charge is 2.15. The Hall–Kier alpha value is -2.84. The van der Waals surface area contributed by atoms with Gasteiger partial charge in [0.25, 0.3) is 5.56 Å². The molecule has 0 aliphatic carbocycles. The monoisotopic (exact) mass is 396 g/mol. The van der Waals surface area contributed by atoms with E-state index in [1.165, 1.54) is 16.3 Å². The standard InChI is InChI=1S/C18H13ClN6OS/c1-24-16(26)11-4-2-3-5-14(11)25-15(22-23-18(24)25)9-27-17-20-12-7-6-10(19)8-13(12)21-17/h2-8H,9H2,1H3,(H,20,21). The second-order valence-corrected chi connectivity index (χ2v) is 7.53. The van der Waals surface area contributed by atoms with Gasteiger partial charge in [0.15, 0.2) is 5.16 Å². The Morgan fingerprint density at radius 3 is 2.93 bits per heavy atom. The van der Waals surface area contributed by atoms with Crippen LogP contribution in [0.3, 0.4) is 0 Å². The number of imidazole rings is 1. The van der Waals surface area contributed by atoms with Crippen LogP contribution >= 0.6 is 23.4 Å². The van der Waals surface area contributed by atoms with Gasteiger partial charge in [-0.15, -0.1) is 10.2 Å². The van der Waals surface area contributed by atoms with E-state index < -0.39 is 0 Å². The Morgan fingerprint density at radius 1 is 1.19 bits per heavy atom. The normalized spacial score (nSPS) is 11.8. The molecule has 0 aliphatic rings. The van der Waals surface area contributed by atoms with Crippen molar-refractivity contribution in [3.8, 4) is 0 Å². The molecule has 2 aromatic carbocycles. The third kappa shape index (κ3) is 2.60. The zero-order valence-corrected chi connectivity index (χ0v) is 15.8. The molecule has 27 heavy (non-hydrogen) atoms. The molecule has 0 saturated carbocycles. The van der Waals surface area contributed by atoms with E-state index in [0.29, 0.717) is 21.9 Å². The first-order chi connectivity index (χ1) is 13.1. The zero-order valence-electron chi connectivity index (χ0n) is 14.2. The number of aromatic nitrogens is 6. The predicted molar refractivity (Wildman–Crippen MR) is 106 cm³/mol. The van der Waals surface area contributed by atoms with Crippen molar-refractivity contribution in [2.75, 3.05) is 0 Å². The lowest BCUT2D eigenvalue weighted by molar-refractivity contribution is 0.857. The van der Waals surface area contributed by atoms with Gasteiger partial charge >= 0.3 is 0 Å². The maximum Gasteiger partial charge on any atom is 0.262 e. The first-order valence-electron chi connectivity index (χ1n) is 8.21. The van der Waals surface area contributed by atoms with Crippen molar-refractivity contribution < 1.29 is 0 Å². The Labute approximate surface area is 162 Å². The molecule has 0 fully saturated rings. The Kier molecular flexibility index (Phi) is 3.70. The largest absolute Gasteiger partial charge is 0.333 e. The third-order valence-electron chi connectivity index (χ3n) is 4.45. The van der Waals surface area contributed by atoms with Crippen LogP contribution in [0.4, 0.5) is 0 Å². The summed E-state index contributed by atoms with van der Waals surface area (Å²) < 4.78 is 3.44. The fourth-order valence-electron chi connectivity index (χ4n) is 3.15. The summed E-state index contributed by atoms with van der Waals surface area (Å²) in [5, 5.41) is 10.6. The minimum Gasteiger partial charge on any atom is -0.333 e. The van der Waals surface area contributed by atoms with Gasteiger partial charge in [-0.3, -0.25) is 13.8 Å². The number of nitrogens with one attached hydrogen (secondary N) is 1. The van der Waals surface area contributed by atoms with E-state index in [1.54, 1.807) is 7.05 Å². The number of nitrogens with zero attached hydrogens (tertiary/aromatic N) is 5. The minimum atomic E-state index is -0.0844. The molecule has 3 aromatic heterocycles. The first-order valence-corrected chi connectivity index (χ1v) is 9.58. The fraction of sp³-hybridized carbons (Fsp3) is 0.111. The van der Waals surface area contributed by atoms with Crippen molar-refractivity contribution in [1.29, 1.82) is 0 Å². The molecular formula is C18H13ClN6OS. The van der Waals surface area contributed by atoms with Crippen LogP contribution in [0.5, 0.6) is 0 Å². The number of rotatable bonds is 3. The Bertz CT molecular complexity index is 1390. The maximum absolute atomic E-state index is 12.5. The summed E-state index contributed by atoms with van der Waals surface area (Å²) in [6, 6.07) is 13.0. The molecule has 0 spiro atoms. The summed E-state index contributed by atoms with van der Waals surface area (Å²) in [6.45, 7) is 0. The molecule has 0 unspecified atom stereocenters. The van der Waals surface area contributed by atoms with E-state index in [2.05, 4.69) is 20.2 Å². The summed E-state index contributed by atoms with van der Waals surface area (Å²) >= 11 is 7.55. The van der Waals surface area contributed by atoms with Crippen molar-refractivity contribution in [1.82, 2.24) is 29.1 Å². The topological polar surface area (TPSA) is 80.9 Å². The second-order valence-electron chi connectivity index (χ2n) is 6.13. The predicted octanol–water partition coefficient (Wildman–Crippen LogP) is 3.40. The van der Waals surface area contributed by atoms with Gasteiger partial charge < -0.3 is 4.98 Å². The molecule has 134 valence electrons. The fourth-order valence-corrected chi connectivity index (χ4v) is 4.12. The maximum atomic E-state index is 12.5. The number of fused-ring (bicyclic) bond motifs is 4. The van der Waals surface area contributed by atoms with E-state index in [9.17, 15) is 4.79 Å². The van der Waals surface area contributed by atoms with Crippen LogP contribution in [0.1, 0.15) is 5.82 Å². The molecule has 1 N–H and O–H groups in total. The molecule has 0 saturated heterocycles. The molecule has 0 aliphatic heterocycles. The molecule has 7 nitrogen and oxygen atoms in total. The van der Waals surface area contributed by atoms with Crippen LogP contribution in [-0.2, 0) is 12.8 Å². The highest BCUT2D eigenvalue weighted by atomic mass is 35.5. The molecule has 0 bridgehead atoms. The Morgan fingerprint density at radius 2 is 2.04 bits per heavy atom. The number of aryl methyl sites for hydroxylation is 1. The van der Waals surface area contributed by atoms with Crippen LogP contribution in [0.2, 0.25) is 5.02 Å². The van der Waals surface area contributed by atoms with Gasteiger partial charge in [0.1, 0.15) is 5.82 Å². The minimum absolute atomic E-state index is 0.0844. The van der Waals surface area contributed by atoms with Crippen LogP contribution in [0, 0.1) is 0 Å². The molecule has 0 atom stereocenters. The van der Waals surface area contributed by atoms with Gasteiger partial charge in [-0.05, 0) is 30.3 Å². The summed E-state index contributed by atoms with van der Waals surface area (Å²) in [4.78, 5) is 20.3. The number of para-hydroxylation sites is 1. The van der Waals surface area contributed by atoms with Gasteiger partial charge in [0, 0.05) is 12.1 Å². The molecular weight excluding hydrogens is 384 g/mol. The number of thioether (sulfide) groups is 1. The molecule has 9 heteroatoms. The molecule has 5 rings (SSSR count). The molecule has 0 radical (unpaired) electrons. The third-order valence-corrected chi connectivity index (χ3v) is 5.56. The lowest BCUT2D eigenvalue weighted by Crippen LogP contribution is -2.20. The summed E-state index contributed by atoms with van der Waals surface area (Å²) in [5.74, 6) is 1.82. The van der Waals surface area contributed by atoms with Crippen molar-refractivity contribution in [2.45, 2.75) is 10.9 Å². The average Bonchev–Trinajstić information content (AvgIpc) is 3.28. The van der Waals surface area contributed by atoms with Gasteiger partial charge in [-0.1, -0.05) is 35.5 Å². The lowest BCUT2D eigenvalue weighted by Gasteiger charge is -2.07. The van der Waals surface area contributed by atoms with Gasteiger partial charge in [-0.2, -0.15) is 0 Å². The van der Waals surface area contributed by atoms with Crippen LogP contribution < -0.4 is 5.56 Å². The number of H-pyrrole nitrogens is 1. The zero-order chi connectivity index (χ0) is 18.5. The van der Waals surface area contributed by atoms with Crippen molar-refractivity contribution >= 4 is 51.1 Å². The second kappa shape index (κ2) is 6.11. The SMILES string of the molecule is Cn1c(=O)c2ccccc2n2c(CSc3nc4ccc(Cl)cc4[nH]3)nnc12. The van der Waals surface area contributed by atoms with Gasteiger partial charge in [-0.25, -0.2) is 4.98 Å². The summed E-state index contributed by atoms with van der Waals surface area (Å²) in [7, 11) is 1.71. The average molecular weight is 397 g/mol. The Balaban J connectivity index is 1.58. The van der Waals surface area contributed by atoms with Gasteiger partial charge in [0.05, 0.1) is 27.7 Å². The quantitative estimate of drug-likeness (QED) is 0.473. The van der Waals surface area contributed by atoms with Gasteiger partial charge in [0.2, 0.25) is 5.78 Å². The van der Waals surface area contributed by atoms with Crippen molar-refractivity contribution in [2.24, 2.45) is 7.05 Å². The van der Waals surface area contributed by atoms with E-state index in [4.69, 9.17) is 11.6 Å². The molecule has 5 aromatic rings. The van der Waals surface area contributed by atoms with Crippen LogP contribution in [0.25, 0.3) is 27.7 Å². The van der Waals surface area contributed by atoms with Crippen LogP contribution in [-0.4, -0.2) is 29.1 Å². The summed E-state index contributed by atoms with van der Waals surface area (Å²) in [6.07, 6.45) is 0. The molecule has 3 heterocycles. The smallest absolute Gasteiger partial charge is 0.262 e. The van der Waals surface area contributed by atoms with Crippen LogP contribution in [0.15, 0.2) is 52.4 Å². The van der Waals surface area contributed by atoms with Crippen molar-refractivity contribution in [3.05, 3.63) is 63.7 Å². The number of halogens is 1. The van der Waals surface area contributed by atoms with E-state index in [0.717, 1.165) is 27.5 Å². The number of benzene rings is 2. The highest BCUT2D eigenvalue weighted by Crippen LogP contribution is 2.25. The number of aromatic amines is 1.